The topological polar surface area (TPSA) is 43.1 Å². The standard InChI is InChI=1S/C11H8BrNO2/c1-7-2-3-9(13-6-7)10(14)11-8(12)4-5-15-11/h2-6H,1H3. The highest BCUT2D eigenvalue weighted by Crippen LogP contribution is 2.20. The van der Waals surface area contributed by atoms with E-state index < -0.39 is 0 Å². The molecule has 76 valence electrons. The SMILES string of the molecule is Cc1ccc(C(=O)c2occc2Br)nc1. The molecule has 4 heteroatoms. The Balaban J connectivity index is 2.37. The molecule has 2 aromatic rings. The highest BCUT2D eigenvalue weighted by Gasteiger charge is 2.16. The van der Waals surface area contributed by atoms with Crippen molar-refractivity contribution in [2.24, 2.45) is 0 Å². The minimum absolute atomic E-state index is 0.216. The van der Waals surface area contributed by atoms with E-state index in [1.54, 1.807) is 18.3 Å². The van der Waals surface area contributed by atoms with Gasteiger partial charge in [-0.3, -0.25) is 9.78 Å². The fraction of sp³-hybridized carbons (Fsp3) is 0.0909. The Kier molecular flexibility index (Phi) is 2.68. The maximum atomic E-state index is 11.9. The van der Waals surface area contributed by atoms with Crippen LogP contribution in [0.2, 0.25) is 0 Å². The van der Waals surface area contributed by atoms with Gasteiger partial charge in [0, 0.05) is 6.20 Å². The number of carbonyl (C=O) groups is 1. The monoisotopic (exact) mass is 265 g/mol. The molecule has 0 bridgehead atoms. The molecule has 0 aliphatic carbocycles. The Hall–Kier alpha value is -1.42. The maximum absolute atomic E-state index is 11.9. The molecule has 0 fully saturated rings. The van der Waals surface area contributed by atoms with Crippen LogP contribution in [-0.2, 0) is 0 Å². The van der Waals surface area contributed by atoms with Crippen LogP contribution in [0.3, 0.4) is 0 Å². The number of halogens is 1. The van der Waals surface area contributed by atoms with Gasteiger partial charge < -0.3 is 4.42 Å². The Morgan fingerprint density at radius 2 is 2.20 bits per heavy atom. The van der Waals surface area contributed by atoms with Crippen LogP contribution in [0.15, 0.2) is 39.5 Å². The summed E-state index contributed by atoms with van der Waals surface area (Å²) in [7, 11) is 0. The molecule has 0 amide bonds. The zero-order valence-corrected chi connectivity index (χ0v) is 9.61. The minimum Gasteiger partial charge on any atom is -0.460 e. The quantitative estimate of drug-likeness (QED) is 0.785. The van der Waals surface area contributed by atoms with Crippen LogP contribution in [0, 0.1) is 6.92 Å². The molecule has 2 heterocycles. The van der Waals surface area contributed by atoms with E-state index in [-0.39, 0.29) is 11.5 Å². The Morgan fingerprint density at radius 1 is 1.40 bits per heavy atom. The van der Waals surface area contributed by atoms with Crippen molar-refractivity contribution >= 4 is 21.7 Å². The fourth-order valence-electron chi connectivity index (χ4n) is 1.17. The molecule has 0 spiro atoms. The molecule has 0 aliphatic rings. The van der Waals surface area contributed by atoms with Crippen LogP contribution in [0.5, 0.6) is 0 Å². The molecule has 0 saturated carbocycles. The first-order chi connectivity index (χ1) is 7.18. The molecule has 2 rings (SSSR count). The largest absolute Gasteiger partial charge is 0.460 e. The molecule has 0 atom stereocenters. The number of hydrogen-bond donors (Lipinski definition) is 0. The number of aromatic nitrogens is 1. The van der Waals surface area contributed by atoms with E-state index in [1.165, 1.54) is 6.26 Å². The van der Waals surface area contributed by atoms with Crippen molar-refractivity contribution in [3.63, 3.8) is 0 Å². The van der Waals surface area contributed by atoms with Crippen molar-refractivity contribution in [3.05, 3.63) is 52.1 Å². The number of pyridine rings is 1. The highest BCUT2D eigenvalue weighted by atomic mass is 79.9. The van der Waals surface area contributed by atoms with Crippen LogP contribution < -0.4 is 0 Å². The lowest BCUT2D eigenvalue weighted by Crippen LogP contribution is -2.03. The maximum Gasteiger partial charge on any atom is 0.247 e. The van der Waals surface area contributed by atoms with Gasteiger partial charge in [0.2, 0.25) is 5.78 Å². The minimum atomic E-state index is -0.216. The van der Waals surface area contributed by atoms with Crippen LogP contribution in [-0.4, -0.2) is 10.8 Å². The van der Waals surface area contributed by atoms with Crippen molar-refractivity contribution in [2.75, 3.05) is 0 Å². The molecular formula is C11H8BrNO2. The summed E-state index contributed by atoms with van der Waals surface area (Å²) in [6, 6.07) is 5.21. The lowest BCUT2D eigenvalue weighted by molar-refractivity contribution is 0.100. The summed E-state index contributed by atoms with van der Waals surface area (Å²) in [5.41, 5.74) is 1.40. The molecule has 0 aromatic carbocycles. The van der Waals surface area contributed by atoms with Gasteiger partial charge in [-0.2, -0.15) is 0 Å². The second-order valence-electron chi connectivity index (χ2n) is 3.15. The first-order valence-corrected chi connectivity index (χ1v) is 5.18. The Bertz CT molecular complexity index is 488. The first kappa shape index (κ1) is 10.1. The van der Waals surface area contributed by atoms with Crippen LogP contribution >= 0.6 is 15.9 Å². The number of furan rings is 1. The van der Waals surface area contributed by atoms with Gasteiger partial charge in [-0.25, -0.2) is 0 Å². The number of hydrogen-bond acceptors (Lipinski definition) is 3. The third kappa shape index (κ3) is 1.99. The second-order valence-corrected chi connectivity index (χ2v) is 4.00. The summed E-state index contributed by atoms with van der Waals surface area (Å²) in [5, 5.41) is 0. The van der Waals surface area contributed by atoms with E-state index in [0.29, 0.717) is 10.2 Å². The highest BCUT2D eigenvalue weighted by molar-refractivity contribution is 9.10. The van der Waals surface area contributed by atoms with Gasteiger partial charge in [0.05, 0.1) is 10.7 Å². The van der Waals surface area contributed by atoms with Crippen LogP contribution in [0.4, 0.5) is 0 Å². The smallest absolute Gasteiger partial charge is 0.247 e. The number of carbonyl (C=O) groups excluding carboxylic acids is 1. The molecule has 0 radical (unpaired) electrons. The summed E-state index contributed by atoms with van der Waals surface area (Å²) in [5.74, 6) is 0.0678. The molecule has 15 heavy (non-hydrogen) atoms. The molecule has 2 aromatic heterocycles. The van der Waals surface area contributed by atoms with Gasteiger partial charge in [-0.05, 0) is 40.5 Å². The lowest BCUT2D eigenvalue weighted by atomic mass is 10.2. The van der Waals surface area contributed by atoms with Gasteiger partial charge in [-0.1, -0.05) is 6.07 Å². The fourth-order valence-corrected chi connectivity index (χ4v) is 1.56. The first-order valence-electron chi connectivity index (χ1n) is 4.39. The molecule has 3 nitrogen and oxygen atoms in total. The van der Waals surface area contributed by atoms with E-state index in [0.717, 1.165) is 5.56 Å². The van der Waals surface area contributed by atoms with Crippen molar-refractivity contribution in [2.45, 2.75) is 6.92 Å². The zero-order chi connectivity index (χ0) is 10.8. The summed E-state index contributed by atoms with van der Waals surface area (Å²) in [6.07, 6.45) is 3.12. The zero-order valence-electron chi connectivity index (χ0n) is 8.03. The predicted molar refractivity (Wildman–Crippen MR) is 58.8 cm³/mol. The molecular weight excluding hydrogens is 258 g/mol. The lowest BCUT2D eigenvalue weighted by Gasteiger charge is -1.97. The number of ketones is 1. The Morgan fingerprint density at radius 3 is 2.73 bits per heavy atom. The summed E-state index contributed by atoms with van der Waals surface area (Å²) in [4.78, 5) is 15.9. The van der Waals surface area contributed by atoms with Crippen molar-refractivity contribution in [1.82, 2.24) is 4.98 Å². The number of rotatable bonds is 2. The normalized spacial score (nSPS) is 10.3. The third-order valence-electron chi connectivity index (χ3n) is 1.97. The van der Waals surface area contributed by atoms with E-state index in [4.69, 9.17) is 4.42 Å². The summed E-state index contributed by atoms with van der Waals surface area (Å²) < 4.78 is 5.72. The number of nitrogens with zero attached hydrogens (tertiary/aromatic N) is 1. The van der Waals surface area contributed by atoms with Crippen molar-refractivity contribution in [1.29, 1.82) is 0 Å². The van der Waals surface area contributed by atoms with E-state index >= 15 is 0 Å². The second kappa shape index (κ2) is 3.98. The third-order valence-corrected chi connectivity index (χ3v) is 2.59. The average Bonchev–Trinajstić information content (AvgIpc) is 2.65. The molecule has 0 N–H and O–H groups in total. The molecule has 0 aliphatic heterocycles. The van der Waals surface area contributed by atoms with Gasteiger partial charge in [-0.15, -0.1) is 0 Å². The number of aryl methyl sites for hydroxylation is 1. The molecule has 0 saturated heterocycles. The summed E-state index contributed by atoms with van der Waals surface area (Å²) in [6.45, 7) is 1.92. The van der Waals surface area contributed by atoms with Crippen LogP contribution in [0.25, 0.3) is 0 Å². The van der Waals surface area contributed by atoms with E-state index in [9.17, 15) is 4.79 Å². The van der Waals surface area contributed by atoms with Gasteiger partial charge in [0.25, 0.3) is 0 Å². The average molecular weight is 266 g/mol. The van der Waals surface area contributed by atoms with E-state index in [1.807, 2.05) is 13.0 Å². The Labute approximate surface area is 95.3 Å². The van der Waals surface area contributed by atoms with Gasteiger partial charge in [0.1, 0.15) is 5.69 Å². The summed E-state index contributed by atoms with van der Waals surface area (Å²) >= 11 is 3.24. The molecule has 0 unspecified atom stereocenters. The van der Waals surface area contributed by atoms with Gasteiger partial charge in [0.15, 0.2) is 5.76 Å². The predicted octanol–water partition coefficient (Wildman–Crippen LogP) is 2.98. The van der Waals surface area contributed by atoms with Crippen molar-refractivity contribution in [3.8, 4) is 0 Å². The van der Waals surface area contributed by atoms with Crippen molar-refractivity contribution < 1.29 is 9.21 Å². The van der Waals surface area contributed by atoms with Gasteiger partial charge >= 0.3 is 0 Å². The van der Waals surface area contributed by atoms with Crippen LogP contribution in [0.1, 0.15) is 21.8 Å². The van der Waals surface area contributed by atoms with E-state index in [2.05, 4.69) is 20.9 Å².